The van der Waals surface area contributed by atoms with Crippen LogP contribution in [0.25, 0.3) is 111 Å². The highest BCUT2D eigenvalue weighted by Crippen LogP contribution is 2.43. The first-order valence-electron chi connectivity index (χ1n) is 22.6. The minimum absolute atomic E-state index is 0.0320. The number of hydrogen-bond donors (Lipinski definition) is 0. The van der Waals surface area contributed by atoms with Gasteiger partial charge in [0.2, 0.25) is 0 Å². The molecule has 10 aromatic carbocycles. The zero-order valence-electron chi connectivity index (χ0n) is 36.8. The van der Waals surface area contributed by atoms with Crippen molar-refractivity contribution in [2.24, 2.45) is 0 Å². The van der Waals surface area contributed by atoms with Crippen LogP contribution in [0.3, 0.4) is 0 Å². The van der Waals surface area contributed by atoms with Crippen LogP contribution in [0.15, 0.2) is 243 Å². The molecule has 0 bridgehead atoms. The normalized spacial score (nSPS) is 12.2. The number of nitrogens with zero attached hydrogens (tertiary/aromatic N) is 2. The first kappa shape index (κ1) is 32.6. The van der Waals surface area contributed by atoms with E-state index < -0.39 is 0 Å². The van der Waals surface area contributed by atoms with Gasteiger partial charge in [-0.15, -0.1) is 0 Å². The number of para-hydroxylation sites is 2. The van der Waals surface area contributed by atoms with E-state index in [2.05, 4.69) is 179 Å². The molecule has 2 aromatic heterocycles. The van der Waals surface area contributed by atoms with Crippen molar-refractivity contribution < 1.29 is 4.11 Å². The summed E-state index contributed by atoms with van der Waals surface area (Å²) >= 11 is 0. The minimum Gasteiger partial charge on any atom is -0.309 e. The Morgan fingerprint density at radius 1 is 0.274 bits per heavy atom. The van der Waals surface area contributed by atoms with E-state index in [4.69, 9.17) is 0 Å². The standard InChI is InChI=1S/C60H40N2/c1-4-15-41(16-5-1)43-27-33-48(34-28-43)61-57-26-13-12-23-52(57)55-39-46(31-37-58(55)61)47-32-38-59-56(40-47)54-25-14-24-53(51-22-11-10-21-50(51)45-19-8-3-9-20-45)60(54)62(59)49-35-29-44(30-36-49)42-17-6-2-7-18-42/h1-40H/i31D,37D,39D. The molecule has 0 aliphatic heterocycles. The Kier molecular flexibility index (Phi) is 7.79. The molecule has 0 fully saturated rings. The predicted molar refractivity (Wildman–Crippen MR) is 262 cm³/mol. The summed E-state index contributed by atoms with van der Waals surface area (Å²) in [6.07, 6.45) is 0. The van der Waals surface area contributed by atoms with Crippen molar-refractivity contribution in [3.8, 4) is 67.0 Å². The Balaban J connectivity index is 1.08. The summed E-state index contributed by atoms with van der Waals surface area (Å²) in [6.45, 7) is 0. The molecule has 0 aliphatic rings. The highest BCUT2D eigenvalue weighted by Gasteiger charge is 2.20. The van der Waals surface area contributed by atoms with Gasteiger partial charge in [0.25, 0.3) is 0 Å². The van der Waals surface area contributed by atoms with Gasteiger partial charge >= 0.3 is 0 Å². The smallest absolute Gasteiger partial charge is 0.0645 e. The Hall–Kier alpha value is -8.20. The monoisotopic (exact) mass is 791 g/mol. The molecule has 0 saturated heterocycles. The molecule has 62 heavy (non-hydrogen) atoms. The summed E-state index contributed by atoms with van der Waals surface area (Å²) in [5.74, 6) is 0. The maximum atomic E-state index is 9.95. The van der Waals surface area contributed by atoms with E-state index in [9.17, 15) is 4.11 Å². The summed E-state index contributed by atoms with van der Waals surface area (Å²) in [6, 6.07) is 78.3. The highest BCUT2D eigenvalue weighted by atomic mass is 15.0. The van der Waals surface area contributed by atoms with Gasteiger partial charge in [-0.3, -0.25) is 0 Å². The number of rotatable bonds is 7. The second-order valence-corrected chi connectivity index (χ2v) is 15.8. The minimum atomic E-state index is 0.0320. The van der Waals surface area contributed by atoms with Gasteiger partial charge in [0.1, 0.15) is 0 Å². The summed E-state index contributed by atoms with van der Waals surface area (Å²) in [4.78, 5) is 0. The first-order chi connectivity index (χ1) is 32.0. The predicted octanol–water partition coefficient (Wildman–Crippen LogP) is 16.2. The maximum Gasteiger partial charge on any atom is 0.0645 e. The lowest BCUT2D eigenvalue weighted by Crippen LogP contribution is -1.96. The molecule has 0 N–H and O–H groups in total. The largest absolute Gasteiger partial charge is 0.309 e. The van der Waals surface area contributed by atoms with E-state index in [0.29, 0.717) is 16.5 Å². The molecule has 2 nitrogen and oxygen atoms in total. The molecule has 0 saturated carbocycles. The molecule has 0 spiro atoms. The third-order valence-corrected chi connectivity index (χ3v) is 12.3. The Bertz CT molecular complexity index is 3760. The number of benzene rings is 10. The van der Waals surface area contributed by atoms with Crippen LogP contribution in [-0.2, 0) is 0 Å². The lowest BCUT2D eigenvalue weighted by atomic mass is 9.93. The first-order valence-corrected chi connectivity index (χ1v) is 21.1. The van der Waals surface area contributed by atoms with Gasteiger partial charge in [-0.05, 0) is 105 Å². The van der Waals surface area contributed by atoms with Crippen LogP contribution in [0.2, 0.25) is 0 Å². The number of fused-ring (bicyclic) bond motifs is 6. The van der Waals surface area contributed by atoms with Crippen LogP contribution in [0.4, 0.5) is 0 Å². The Labute approximate surface area is 365 Å². The van der Waals surface area contributed by atoms with E-state index >= 15 is 0 Å². The number of hydrogen-bond acceptors (Lipinski definition) is 0. The Morgan fingerprint density at radius 2 is 0.774 bits per heavy atom. The zero-order chi connectivity index (χ0) is 43.6. The van der Waals surface area contributed by atoms with Crippen molar-refractivity contribution in [1.82, 2.24) is 9.13 Å². The molecular weight excluding hydrogens is 749 g/mol. The lowest BCUT2D eigenvalue weighted by Gasteiger charge is -2.15. The number of aromatic nitrogens is 2. The average molecular weight is 792 g/mol. The fraction of sp³-hybridized carbons (Fsp3) is 0. The molecule has 0 atom stereocenters. The van der Waals surface area contributed by atoms with Crippen LogP contribution in [0.5, 0.6) is 0 Å². The molecule has 0 amide bonds. The molecule has 2 heteroatoms. The van der Waals surface area contributed by atoms with Gasteiger partial charge in [-0.1, -0.05) is 188 Å². The second-order valence-electron chi connectivity index (χ2n) is 15.8. The van der Waals surface area contributed by atoms with Crippen molar-refractivity contribution in [1.29, 1.82) is 0 Å². The van der Waals surface area contributed by atoms with Gasteiger partial charge in [-0.2, -0.15) is 0 Å². The van der Waals surface area contributed by atoms with E-state index in [1.807, 2.05) is 54.6 Å². The zero-order valence-corrected chi connectivity index (χ0v) is 33.8. The fourth-order valence-corrected chi connectivity index (χ4v) is 9.34. The average Bonchev–Trinajstić information content (AvgIpc) is 3.90. The van der Waals surface area contributed by atoms with Crippen molar-refractivity contribution in [2.75, 3.05) is 0 Å². The van der Waals surface area contributed by atoms with Crippen LogP contribution in [0.1, 0.15) is 4.11 Å². The fourth-order valence-electron chi connectivity index (χ4n) is 9.34. The highest BCUT2D eigenvalue weighted by molar-refractivity contribution is 6.16. The van der Waals surface area contributed by atoms with E-state index in [1.165, 1.54) is 0 Å². The van der Waals surface area contributed by atoms with Crippen LogP contribution < -0.4 is 0 Å². The van der Waals surface area contributed by atoms with Gasteiger partial charge in [0.05, 0.1) is 26.2 Å². The maximum absolute atomic E-state index is 9.95. The van der Waals surface area contributed by atoms with Gasteiger partial charge in [-0.25, -0.2) is 0 Å². The van der Waals surface area contributed by atoms with Crippen molar-refractivity contribution in [2.45, 2.75) is 0 Å². The molecule has 0 aliphatic carbocycles. The summed E-state index contributed by atoms with van der Waals surface area (Å²) in [7, 11) is 0. The molecule has 2 heterocycles. The Morgan fingerprint density at radius 3 is 1.45 bits per heavy atom. The molecule has 290 valence electrons. The molecule has 12 rings (SSSR count). The van der Waals surface area contributed by atoms with Crippen LogP contribution >= 0.6 is 0 Å². The van der Waals surface area contributed by atoms with Crippen molar-refractivity contribution >= 4 is 43.6 Å². The molecule has 0 radical (unpaired) electrons. The molecule has 12 aromatic rings. The third-order valence-electron chi connectivity index (χ3n) is 12.3. The van der Waals surface area contributed by atoms with Crippen molar-refractivity contribution in [3.63, 3.8) is 0 Å². The summed E-state index contributed by atoms with van der Waals surface area (Å²) in [5.41, 5.74) is 15.7. The summed E-state index contributed by atoms with van der Waals surface area (Å²) < 4.78 is 33.7. The topological polar surface area (TPSA) is 9.86 Å². The lowest BCUT2D eigenvalue weighted by molar-refractivity contribution is 1.18. The van der Waals surface area contributed by atoms with Crippen molar-refractivity contribution in [3.05, 3.63) is 243 Å². The van der Waals surface area contributed by atoms with Crippen LogP contribution in [-0.4, -0.2) is 9.13 Å². The SMILES string of the molecule is [2H]c1c(-c2ccc3c(c2)c2cccc(-c4ccccc4-c4ccccc4)c2n3-c2ccc(-c3ccccc3)cc2)c([2H])c2c3ccccc3n(-c3ccc(-c4ccccc4)cc3)c2c1[2H]. The summed E-state index contributed by atoms with van der Waals surface area (Å²) in [5, 5.41) is 3.63. The van der Waals surface area contributed by atoms with Gasteiger partial charge < -0.3 is 9.13 Å². The molecule has 0 unspecified atom stereocenters. The van der Waals surface area contributed by atoms with Crippen LogP contribution in [0, 0.1) is 0 Å². The third kappa shape index (κ3) is 5.96. The van der Waals surface area contributed by atoms with Gasteiger partial charge in [0, 0.05) is 38.5 Å². The second kappa shape index (κ2) is 14.8. The van der Waals surface area contributed by atoms with E-state index in [0.717, 1.165) is 94.2 Å². The molecular formula is C60H40N2. The van der Waals surface area contributed by atoms with E-state index in [-0.39, 0.29) is 18.1 Å². The van der Waals surface area contributed by atoms with Gasteiger partial charge in [0.15, 0.2) is 0 Å². The quantitative estimate of drug-likeness (QED) is 0.152. The van der Waals surface area contributed by atoms with E-state index in [1.54, 1.807) is 0 Å².